The largest absolute Gasteiger partial charge is 0.347 e. The number of anilines is 2. The van der Waals surface area contributed by atoms with Crippen LogP contribution in [0, 0.1) is 0 Å². The average Bonchev–Trinajstić information content (AvgIpc) is 2.63. The van der Waals surface area contributed by atoms with Crippen LogP contribution >= 0.6 is 15.9 Å². The van der Waals surface area contributed by atoms with Crippen LogP contribution in [0.25, 0.3) is 0 Å². The van der Waals surface area contributed by atoms with Gasteiger partial charge in [0.1, 0.15) is 11.5 Å². The number of halogens is 1. The molecule has 3 rings (SSSR count). The molecule has 1 heterocycles. The summed E-state index contributed by atoms with van der Waals surface area (Å²) in [6, 6.07) is 17.4. The second-order valence-electron chi connectivity index (χ2n) is 5.06. The van der Waals surface area contributed by atoms with E-state index in [4.69, 9.17) is 0 Å². The highest BCUT2D eigenvalue weighted by Gasteiger charge is 2.08. The van der Waals surface area contributed by atoms with E-state index in [1.165, 1.54) is 12.4 Å². The maximum absolute atomic E-state index is 12.1. The van der Waals surface area contributed by atoms with E-state index >= 15 is 0 Å². The number of carbonyl (C=O) groups is 1. The maximum Gasteiger partial charge on any atom is 0.271 e. The molecule has 1 amide bonds. The Morgan fingerprint density at radius 2 is 1.71 bits per heavy atom. The normalized spacial score (nSPS) is 10.2. The van der Waals surface area contributed by atoms with Gasteiger partial charge < -0.3 is 10.6 Å². The highest BCUT2D eigenvalue weighted by molar-refractivity contribution is 9.10. The summed E-state index contributed by atoms with van der Waals surface area (Å²) < 4.78 is 0.927. The predicted octanol–water partition coefficient (Wildman–Crippen LogP) is 3.91. The topological polar surface area (TPSA) is 66.9 Å². The van der Waals surface area contributed by atoms with Gasteiger partial charge in [-0.2, -0.15) is 0 Å². The molecule has 0 atom stereocenters. The van der Waals surface area contributed by atoms with Crippen molar-refractivity contribution in [2.24, 2.45) is 0 Å². The van der Waals surface area contributed by atoms with Crippen LogP contribution in [-0.2, 0) is 6.54 Å². The van der Waals surface area contributed by atoms with Gasteiger partial charge in [0.05, 0.1) is 18.1 Å². The molecule has 24 heavy (non-hydrogen) atoms. The Morgan fingerprint density at radius 3 is 2.42 bits per heavy atom. The van der Waals surface area contributed by atoms with E-state index in [-0.39, 0.29) is 11.6 Å². The summed E-state index contributed by atoms with van der Waals surface area (Å²) in [7, 11) is 0. The summed E-state index contributed by atoms with van der Waals surface area (Å²) in [6.07, 6.45) is 3.00. The van der Waals surface area contributed by atoms with Crippen LogP contribution in [0.2, 0.25) is 0 Å². The SMILES string of the molecule is O=C(NCc1ccccc1)c1cnc(Nc2ccccc2Br)cn1. The van der Waals surface area contributed by atoms with E-state index in [1.807, 2.05) is 54.6 Å². The number of rotatable bonds is 5. The number of amides is 1. The van der Waals surface area contributed by atoms with Crippen molar-refractivity contribution in [3.8, 4) is 0 Å². The molecule has 5 nitrogen and oxygen atoms in total. The van der Waals surface area contributed by atoms with Crippen LogP contribution in [0.5, 0.6) is 0 Å². The molecule has 2 aromatic carbocycles. The lowest BCUT2D eigenvalue weighted by molar-refractivity contribution is 0.0945. The lowest BCUT2D eigenvalue weighted by Crippen LogP contribution is -2.24. The zero-order valence-corrected chi connectivity index (χ0v) is 14.3. The highest BCUT2D eigenvalue weighted by Crippen LogP contribution is 2.23. The number of aromatic nitrogens is 2. The number of hydrogen-bond acceptors (Lipinski definition) is 4. The van der Waals surface area contributed by atoms with Crippen LogP contribution in [0.1, 0.15) is 16.1 Å². The van der Waals surface area contributed by atoms with E-state index in [0.717, 1.165) is 15.7 Å². The third-order valence-corrected chi connectivity index (χ3v) is 4.01. The van der Waals surface area contributed by atoms with Crippen molar-refractivity contribution in [3.05, 3.63) is 82.7 Å². The van der Waals surface area contributed by atoms with E-state index < -0.39 is 0 Å². The maximum atomic E-state index is 12.1. The van der Waals surface area contributed by atoms with Crippen LogP contribution < -0.4 is 10.6 Å². The Balaban J connectivity index is 1.61. The first-order valence-corrected chi connectivity index (χ1v) is 8.17. The van der Waals surface area contributed by atoms with Crippen molar-refractivity contribution in [1.29, 1.82) is 0 Å². The molecule has 0 aliphatic heterocycles. The van der Waals surface area contributed by atoms with Crippen molar-refractivity contribution < 1.29 is 4.79 Å². The molecular weight excluding hydrogens is 368 g/mol. The van der Waals surface area contributed by atoms with Gasteiger partial charge in [-0.1, -0.05) is 42.5 Å². The first-order chi connectivity index (χ1) is 11.7. The molecule has 0 unspecified atom stereocenters. The third kappa shape index (κ3) is 4.17. The minimum Gasteiger partial charge on any atom is -0.347 e. The number of nitrogens with one attached hydrogen (secondary N) is 2. The molecule has 3 aromatic rings. The Labute approximate surface area is 148 Å². The van der Waals surface area contributed by atoms with Crippen LogP contribution in [-0.4, -0.2) is 15.9 Å². The highest BCUT2D eigenvalue weighted by atomic mass is 79.9. The number of benzene rings is 2. The quantitative estimate of drug-likeness (QED) is 0.701. The number of carbonyl (C=O) groups excluding carboxylic acids is 1. The molecule has 0 radical (unpaired) electrons. The summed E-state index contributed by atoms with van der Waals surface area (Å²) >= 11 is 3.46. The smallest absolute Gasteiger partial charge is 0.271 e. The Kier molecular flexibility index (Phi) is 5.18. The van der Waals surface area contributed by atoms with Gasteiger partial charge in [0.2, 0.25) is 0 Å². The van der Waals surface area contributed by atoms with E-state index in [0.29, 0.717) is 12.4 Å². The molecule has 0 spiro atoms. The summed E-state index contributed by atoms with van der Waals surface area (Å²) in [5.41, 5.74) is 2.20. The van der Waals surface area contributed by atoms with Gasteiger partial charge >= 0.3 is 0 Å². The molecule has 0 aliphatic carbocycles. The van der Waals surface area contributed by atoms with Gasteiger partial charge in [0, 0.05) is 11.0 Å². The third-order valence-electron chi connectivity index (χ3n) is 3.32. The molecule has 6 heteroatoms. The first-order valence-electron chi connectivity index (χ1n) is 7.38. The van der Waals surface area contributed by atoms with E-state index in [9.17, 15) is 4.79 Å². The van der Waals surface area contributed by atoms with Crippen LogP contribution in [0.4, 0.5) is 11.5 Å². The van der Waals surface area contributed by atoms with Crippen molar-refractivity contribution in [2.45, 2.75) is 6.54 Å². The summed E-state index contributed by atoms with van der Waals surface area (Å²) in [5, 5.41) is 5.97. The van der Waals surface area contributed by atoms with Gasteiger partial charge in [-0.15, -0.1) is 0 Å². The minimum atomic E-state index is -0.251. The number of para-hydroxylation sites is 1. The fraction of sp³-hybridized carbons (Fsp3) is 0.0556. The van der Waals surface area contributed by atoms with Crippen molar-refractivity contribution in [3.63, 3.8) is 0 Å². The molecule has 0 bridgehead atoms. The van der Waals surface area contributed by atoms with Gasteiger partial charge in [-0.05, 0) is 33.6 Å². The van der Waals surface area contributed by atoms with Crippen molar-refractivity contribution in [2.75, 3.05) is 5.32 Å². The van der Waals surface area contributed by atoms with Crippen LogP contribution in [0.15, 0.2) is 71.5 Å². The fourth-order valence-corrected chi connectivity index (χ4v) is 2.46. The van der Waals surface area contributed by atoms with Crippen molar-refractivity contribution >= 4 is 33.3 Å². The lowest BCUT2D eigenvalue weighted by atomic mass is 10.2. The van der Waals surface area contributed by atoms with E-state index in [1.54, 1.807) is 0 Å². The first kappa shape index (κ1) is 16.1. The zero-order valence-electron chi connectivity index (χ0n) is 12.7. The minimum absolute atomic E-state index is 0.251. The number of hydrogen-bond donors (Lipinski definition) is 2. The summed E-state index contributed by atoms with van der Waals surface area (Å²) in [5.74, 6) is 0.320. The second kappa shape index (κ2) is 7.70. The molecule has 0 saturated carbocycles. The van der Waals surface area contributed by atoms with Gasteiger partial charge in [-0.25, -0.2) is 9.97 Å². The number of nitrogens with zero attached hydrogens (tertiary/aromatic N) is 2. The van der Waals surface area contributed by atoms with E-state index in [2.05, 4.69) is 36.5 Å². The second-order valence-corrected chi connectivity index (χ2v) is 5.91. The zero-order chi connectivity index (χ0) is 16.8. The molecule has 120 valence electrons. The average molecular weight is 383 g/mol. The lowest BCUT2D eigenvalue weighted by Gasteiger charge is -2.08. The van der Waals surface area contributed by atoms with Gasteiger partial charge in [-0.3, -0.25) is 4.79 Å². The molecule has 0 saturated heterocycles. The Hall–Kier alpha value is -2.73. The Bertz CT molecular complexity index is 822. The standard InChI is InChI=1S/C18H15BrN4O/c19-14-8-4-5-9-15(14)23-17-12-20-16(11-21-17)18(24)22-10-13-6-2-1-3-7-13/h1-9,11-12H,10H2,(H,21,23)(H,22,24). The molecule has 1 aromatic heterocycles. The van der Waals surface area contributed by atoms with Gasteiger partial charge in [0.15, 0.2) is 0 Å². The summed E-state index contributed by atoms with van der Waals surface area (Å²) in [4.78, 5) is 20.5. The molecule has 0 fully saturated rings. The summed E-state index contributed by atoms with van der Waals surface area (Å²) in [6.45, 7) is 0.457. The molecule has 0 aliphatic rings. The monoisotopic (exact) mass is 382 g/mol. The predicted molar refractivity (Wildman–Crippen MR) is 97.1 cm³/mol. The molecule has 2 N–H and O–H groups in total. The van der Waals surface area contributed by atoms with Crippen LogP contribution in [0.3, 0.4) is 0 Å². The molecular formula is C18H15BrN4O. The van der Waals surface area contributed by atoms with Gasteiger partial charge in [0.25, 0.3) is 5.91 Å². The van der Waals surface area contributed by atoms with Crippen molar-refractivity contribution in [1.82, 2.24) is 15.3 Å². The Morgan fingerprint density at radius 1 is 0.958 bits per heavy atom. The fourth-order valence-electron chi connectivity index (χ4n) is 2.08.